The quantitative estimate of drug-likeness (QED) is 0.0200. The second-order valence-corrected chi connectivity index (χ2v) is 17.1. The smallest absolute Gasteiger partial charge is 0.306 e. The normalized spacial score (nSPS) is 12.5. The first-order chi connectivity index (χ1) is 30.0. The maximum atomic E-state index is 12.8. The highest BCUT2D eigenvalue weighted by Gasteiger charge is 2.19. The van der Waals surface area contributed by atoms with Crippen molar-refractivity contribution >= 4 is 17.9 Å². The summed E-state index contributed by atoms with van der Waals surface area (Å²) in [4.78, 5) is 37.9. The molecule has 0 saturated heterocycles. The summed E-state index contributed by atoms with van der Waals surface area (Å²) >= 11 is 0. The van der Waals surface area contributed by atoms with Crippen LogP contribution in [0.3, 0.4) is 0 Å². The SMILES string of the molecule is CC/C=C\C/C=C\C/C=C\CCCCCCCCCCCC(=O)OCC(COC(=O)CCCCC/C=C\C=C/CCCC)OC(=O)CCCCCCCCCCCCCCC. The van der Waals surface area contributed by atoms with Crippen molar-refractivity contribution in [3.63, 3.8) is 0 Å². The van der Waals surface area contributed by atoms with Crippen molar-refractivity contribution in [1.82, 2.24) is 0 Å². The van der Waals surface area contributed by atoms with Gasteiger partial charge in [-0.15, -0.1) is 0 Å². The summed E-state index contributed by atoms with van der Waals surface area (Å²) in [6.45, 7) is 6.45. The van der Waals surface area contributed by atoms with E-state index in [2.05, 4.69) is 81.5 Å². The van der Waals surface area contributed by atoms with Crippen molar-refractivity contribution in [2.24, 2.45) is 0 Å². The van der Waals surface area contributed by atoms with Gasteiger partial charge in [-0.2, -0.15) is 0 Å². The molecule has 0 radical (unpaired) electrons. The number of esters is 3. The second-order valence-electron chi connectivity index (χ2n) is 17.1. The minimum Gasteiger partial charge on any atom is -0.462 e. The Kier molecular flexibility index (Phi) is 47.4. The molecular weight excluding hydrogens is 757 g/mol. The van der Waals surface area contributed by atoms with Crippen molar-refractivity contribution in [2.75, 3.05) is 13.2 Å². The summed E-state index contributed by atoms with van der Waals surface area (Å²) in [7, 11) is 0. The van der Waals surface area contributed by atoms with Gasteiger partial charge < -0.3 is 14.2 Å². The highest BCUT2D eigenvalue weighted by atomic mass is 16.6. The lowest BCUT2D eigenvalue weighted by molar-refractivity contribution is -0.167. The molecule has 352 valence electrons. The Bertz CT molecular complexity index is 1120. The Morgan fingerprint density at radius 1 is 0.361 bits per heavy atom. The summed E-state index contributed by atoms with van der Waals surface area (Å²) in [5, 5.41) is 0. The van der Waals surface area contributed by atoms with E-state index in [4.69, 9.17) is 14.2 Å². The fourth-order valence-corrected chi connectivity index (χ4v) is 7.14. The van der Waals surface area contributed by atoms with Gasteiger partial charge in [0.2, 0.25) is 0 Å². The highest BCUT2D eigenvalue weighted by molar-refractivity contribution is 5.71. The molecule has 0 aliphatic rings. The van der Waals surface area contributed by atoms with Crippen LogP contribution in [0.2, 0.25) is 0 Å². The Hall–Kier alpha value is -2.89. The summed E-state index contributed by atoms with van der Waals surface area (Å²) in [6.07, 6.45) is 60.6. The number of hydrogen-bond acceptors (Lipinski definition) is 6. The van der Waals surface area contributed by atoms with E-state index in [0.717, 1.165) is 89.9 Å². The van der Waals surface area contributed by atoms with Gasteiger partial charge in [0.15, 0.2) is 6.10 Å². The third-order valence-corrected chi connectivity index (χ3v) is 11.0. The van der Waals surface area contributed by atoms with Crippen LogP contribution >= 0.6 is 0 Å². The number of unbranched alkanes of at least 4 members (excludes halogenated alkanes) is 26. The van der Waals surface area contributed by atoms with Crippen LogP contribution < -0.4 is 0 Å². The molecule has 0 aromatic rings. The van der Waals surface area contributed by atoms with E-state index in [1.807, 2.05) is 0 Å². The molecule has 0 fully saturated rings. The first-order valence-corrected chi connectivity index (χ1v) is 25.8. The summed E-state index contributed by atoms with van der Waals surface area (Å²) in [5.41, 5.74) is 0. The lowest BCUT2D eigenvalue weighted by atomic mass is 10.0. The molecule has 0 N–H and O–H groups in total. The van der Waals surface area contributed by atoms with Gasteiger partial charge in [-0.3, -0.25) is 14.4 Å². The largest absolute Gasteiger partial charge is 0.462 e. The Morgan fingerprint density at radius 3 is 1.16 bits per heavy atom. The zero-order chi connectivity index (χ0) is 44.4. The van der Waals surface area contributed by atoms with Gasteiger partial charge in [0.25, 0.3) is 0 Å². The van der Waals surface area contributed by atoms with E-state index < -0.39 is 6.10 Å². The molecule has 0 heterocycles. The number of ether oxygens (including phenoxy) is 3. The maximum absolute atomic E-state index is 12.8. The van der Waals surface area contributed by atoms with Gasteiger partial charge in [-0.1, -0.05) is 223 Å². The predicted octanol–water partition coefficient (Wildman–Crippen LogP) is 16.9. The van der Waals surface area contributed by atoms with E-state index in [1.165, 1.54) is 122 Å². The standard InChI is InChI=1S/C55H96O6/c1-4-7-10-13-16-19-22-24-25-26-27-28-29-31-33-36-39-42-45-48-54(57)60-51-52(50-59-53(56)47-44-41-38-35-32-21-18-15-12-9-6-3)61-55(58)49-46-43-40-37-34-30-23-20-17-14-11-8-5-2/h7,10,15-16,18-19,21,24-25,32,52H,4-6,8-9,11-14,17,20,22-23,26-31,33-51H2,1-3H3/b10-7-,18-15-,19-16-,25-24-,32-21-. The number of carbonyl (C=O) groups is 3. The summed E-state index contributed by atoms with van der Waals surface area (Å²) in [6, 6.07) is 0. The molecule has 6 heteroatoms. The number of rotatable bonds is 46. The molecular formula is C55H96O6. The van der Waals surface area contributed by atoms with E-state index in [-0.39, 0.29) is 31.1 Å². The van der Waals surface area contributed by atoms with Gasteiger partial charge in [0.1, 0.15) is 13.2 Å². The van der Waals surface area contributed by atoms with Gasteiger partial charge in [-0.25, -0.2) is 0 Å². The molecule has 0 rings (SSSR count). The molecule has 0 spiro atoms. The van der Waals surface area contributed by atoms with Crippen molar-refractivity contribution in [2.45, 2.75) is 258 Å². The monoisotopic (exact) mass is 853 g/mol. The molecule has 0 saturated carbocycles. The van der Waals surface area contributed by atoms with E-state index >= 15 is 0 Å². The molecule has 0 aliphatic heterocycles. The maximum Gasteiger partial charge on any atom is 0.306 e. The van der Waals surface area contributed by atoms with Gasteiger partial charge in [-0.05, 0) is 70.6 Å². The number of carbonyl (C=O) groups excluding carboxylic acids is 3. The lowest BCUT2D eigenvalue weighted by Gasteiger charge is -2.18. The van der Waals surface area contributed by atoms with Crippen LogP contribution in [0, 0.1) is 0 Å². The highest BCUT2D eigenvalue weighted by Crippen LogP contribution is 2.15. The average molecular weight is 853 g/mol. The first kappa shape index (κ1) is 58.1. The molecule has 6 nitrogen and oxygen atoms in total. The first-order valence-electron chi connectivity index (χ1n) is 25.8. The third kappa shape index (κ3) is 48.0. The fourth-order valence-electron chi connectivity index (χ4n) is 7.14. The van der Waals surface area contributed by atoms with Crippen LogP contribution in [0.4, 0.5) is 0 Å². The topological polar surface area (TPSA) is 78.9 Å². The lowest BCUT2D eigenvalue weighted by Crippen LogP contribution is -2.30. The van der Waals surface area contributed by atoms with Crippen LogP contribution in [0.5, 0.6) is 0 Å². The van der Waals surface area contributed by atoms with Crippen LogP contribution in [-0.4, -0.2) is 37.2 Å². The fraction of sp³-hybridized carbons (Fsp3) is 0.764. The van der Waals surface area contributed by atoms with Crippen molar-refractivity contribution in [3.05, 3.63) is 60.8 Å². The second kappa shape index (κ2) is 49.8. The molecule has 1 atom stereocenters. The van der Waals surface area contributed by atoms with Crippen LogP contribution in [-0.2, 0) is 28.6 Å². The van der Waals surface area contributed by atoms with Crippen molar-refractivity contribution in [3.8, 4) is 0 Å². The number of hydrogen-bond donors (Lipinski definition) is 0. The van der Waals surface area contributed by atoms with Crippen LogP contribution in [0.25, 0.3) is 0 Å². The van der Waals surface area contributed by atoms with Crippen LogP contribution in [0.15, 0.2) is 60.8 Å². The van der Waals surface area contributed by atoms with Gasteiger partial charge >= 0.3 is 17.9 Å². The summed E-state index contributed by atoms with van der Waals surface area (Å²) < 4.78 is 16.8. The molecule has 1 unspecified atom stereocenters. The molecule has 61 heavy (non-hydrogen) atoms. The Labute approximate surface area is 377 Å². The minimum atomic E-state index is -0.783. The Morgan fingerprint density at radius 2 is 0.705 bits per heavy atom. The summed E-state index contributed by atoms with van der Waals surface area (Å²) in [5.74, 6) is -0.913. The van der Waals surface area contributed by atoms with Gasteiger partial charge in [0.05, 0.1) is 0 Å². The molecule has 0 aliphatic carbocycles. The van der Waals surface area contributed by atoms with Crippen LogP contribution in [0.1, 0.15) is 252 Å². The molecule has 0 aromatic carbocycles. The minimum absolute atomic E-state index is 0.0839. The van der Waals surface area contributed by atoms with E-state index in [9.17, 15) is 14.4 Å². The zero-order valence-corrected chi connectivity index (χ0v) is 40.2. The molecule has 0 aromatic heterocycles. The van der Waals surface area contributed by atoms with Crippen molar-refractivity contribution in [1.29, 1.82) is 0 Å². The number of allylic oxidation sites excluding steroid dienone is 10. The van der Waals surface area contributed by atoms with Gasteiger partial charge in [0, 0.05) is 19.3 Å². The zero-order valence-electron chi connectivity index (χ0n) is 40.2. The van der Waals surface area contributed by atoms with E-state index in [0.29, 0.717) is 19.3 Å². The third-order valence-electron chi connectivity index (χ3n) is 11.0. The van der Waals surface area contributed by atoms with E-state index in [1.54, 1.807) is 0 Å². The predicted molar refractivity (Wildman–Crippen MR) is 261 cm³/mol. The molecule has 0 amide bonds. The van der Waals surface area contributed by atoms with Crippen molar-refractivity contribution < 1.29 is 28.6 Å². The average Bonchev–Trinajstić information content (AvgIpc) is 3.26. The molecule has 0 bridgehead atoms. The Balaban J connectivity index is 4.34.